The van der Waals surface area contributed by atoms with Gasteiger partial charge >= 0.3 is 11.8 Å². The Morgan fingerprint density at radius 3 is 1.63 bits per heavy atom. The molecule has 0 aromatic heterocycles. The van der Waals surface area contributed by atoms with Crippen LogP contribution in [0.5, 0.6) is 0 Å². The fourth-order valence-electron chi connectivity index (χ4n) is 4.22. The van der Waals surface area contributed by atoms with E-state index in [0.717, 1.165) is 16.7 Å². The van der Waals surface area contributed by atoms with E-state index < -0.39 is 36.4 Å². The molecule has 7 heteroatoms. The Morgan fingerprint density at radius 1 is 0.686 bits per heavy atom. The Morgan fingerprint density at radius 2 is 1.14 bits per heavy atom. The third-order valence-electron chi connectivity index (χ3n) is 6.10. The molecule has 3 aromatic carbocycles. The second-order valence-electron chi connectivity index (χ2n) is 8.50. The minimum atomic E-state index is -1.57. The summed E-state index contributed by atoms with van der Waals surface area (Å²) in [4.78, 5) is 12.6. The molecule has 2 aliphatic heterocycles. The van der Waals surface area contributed by atoms with E-state index in [9.17, 15) is 4.79 Å². The van der Waals surface area contributed by atoms with Gasteiger partial charge in [-0.2, -0.15) is 0 Å². The number of methoxy groups -OCH3 is 1. The fourth-order valence-corrected chi connectivity index (χ4v) is 4.22. The third-order valence-corrected chi connectivity index (χ3v) is 6.10. The van der Waals surface area contributed by atoms with Crippen LogP contribution in [0.4, 0.5) is 0 Å². The average molecular weight is 477 g/mol. The SMILES string of the molecule is COC(=O)[C@@]12O[C@@H](OCc3ccccc3)[C@H](OCc3ccccc3)[C@@H](OCc3ccccc3)[C@@H]1O2. The number of carbonyl (C=O) groups excluding carboxylic acids is 1. The first-order valence-corrected chi connectivity index (χ1v) is 11.6. The number of hydrogen-bond acceptors (Lipinski definition) is 7. The normalized spacial score (nSPS) is 27.1. The summed E-state index contributed by atoms with van der Waals surface area (Å²) in [6, 6.07) is 29.3. The Balaban J connectivity index is 1.39. The fraction of sp³-hybridized carbons (Fsp3) is 0.321. The first-order valence-electron chi connectivity index (χ1n) is 11.6. The van der Waals surface area contributed by atoms with E-state index >= 15 is 0 Å². The maximum Gasteiger partial charge on any atom is 0.369 e. The topological polar surface area (TPSA) is 75.8 Å². The van der Waals surface area contributed by atoms with Crippen LogP contribution in [0.1, 0.15) is 16.7 Å². The Hall–Kier alpha value is -3.07. The second kappa shape index (κ2) is 10.7. The van der Waals surface area contributed by atoms with Crippen molar-refractivity contribution in [2.45, 2.75) is 50.2 Å². The molecule has 2 aliphatic rings. The quantitative estimate of drug-likeness (QED) is 0.323. The molecule has 0 saturated carbocycles. The van der Waals surface area contributed by atoms with Crippen LogP contribution in [0.3, 0.4) is 0 Å². The Bertz CT molecular complexity index is 1090. The van der Waals surface area contributed by atoms with E-state index in [4.69, 9.17) is 28.4 Å². The van der Waals surface area contributed by atoms with Crippen molar-refractivity contribution >= 4 is 5.97 Å². The molecule has 2 fully saturated rings. The van der Waals surface area contributed by atoms with Gasteiger partial charge in [0.1, 0.15) is 12.2 Å². The predicted molar refractivity (Wildman–Crippen MR) is 126 cm³/mol. The number of rotatable bonds is 10. The summed E-state index contributed by atoms with van der Waals surface area (Å²) in [6.45, 7) is 0.909. The molecule has 3 aromatic rings. The van der Waals surface area contributed by atoms with Crippen molar-refractivity contribution in [3.63, 3.8) is 0 Å². The zero-order chi connectivity index (χ0) is 24.1. The lowest BCUT2D eigenvalue weighted by Crippen LogP contribution is -2.56. The molecule has 7 nitrogen and oxygen atoms in total. The lowest BCUT2D eigenvalue weighted by atomic mass is 10.0. The number of carbonyl (C=O) groups is 1. The van der Waals surface area contributed by atoms with E-state index in [1.807, 2.05) is 91.0 Å². The second-order valence-corrected chi connectivity index (χ2v) is 8.50. The number of hydrogen-bond donors (Lipinski definition) is 0. The molecular weight excluding hydrogens is 448 g/mol. The number of benzene rings is 3. The van der Waals surface area contributed by atoms with Gasteiger partial charge in [-0.25, -0.2) is 4.79 Å². The highest BCUT2D eigenvalue weighted by molar-refractivity contribution is 5.82. The molecule has 2 heterocycles. The van der Waals surface area contributed by atoms with Crippen LogP contribution in [-0.4, -0.2) is 43.5 Å². The van der Waals surface area contributed by atoms with Gasteiger partial charge in [-0.15, -0.1) is 0 Å². The lowest BCUT2D eigenvalue weighted by Gasteiger charge is -2.37. The van der Waals surface area contributed by atoms with Crippen LogP contribution in [0.15, 0.2) is 91.0 Å². The lowest BCUT2D eigenvalue weighted by molar-refractivity contribution is -0.291. The van der Waals surface area contributed by atoms with Crippen molar-refractivity contribution in [1.82, 2.24) is 0 Å². The molecule has 0 radical (unpaired) electrons. The summed E-state index contributed by atoms with van der Waals surface area (Å²) in [7, 11) is 1.30. The van der Waals surface area contributed by atoms with Crippen LogP contribution in [0.2, 0.25) is 0 Å². The predicted octanol–water partition coefficient (Wildman–Crippen LogP) is 4.00. The number of ether oxygens (including phenoxy) is 6. The Kier molecular flexibility index (Phi) is 7.22. The van der Waals surface area contributed by atoms with E-state index in [0.29, 0.717) is 13.2 Å². The van der Waals surface area contributed by atoms with Gasteiger partial charge in [0.05, 0.1) is 26.9 Å². The molecule has 0 spiro atoms. The van der Waals surface area contributed by atoms with Gasteiger partial charge < -0.3 is 28.4 Å². The van der Waals surface area contributed by atoms with Crippen molar-refractivity contribution in [3.05, 3.63) is 108 Å². The first kappa shape index (κ1) is 23.7. The molecule has 0 N–H and O–H groups in total. The first-order chi connectivity index (χ1) is 17.2. The molecule has 182 valence electrons. The van der Waals surface area contributed by atoms with Crippen molar-refractivity contribution in [3.8, 4) is 0 Å². The zero-order valence-corrected chi connectivity index (χ0v) is 19.4. The minimum Gasteiger partial charge on any atom is -0.465 e. The van der Waals surface area contributed by atoms with Gasteiger partial charge in [0.25, 0.3) is 0 Å². The van der Waals surface area contributed by atoms with Gasteiger partial charge in [0.2, 0.25) is 0 Å². The highest BCUT2D eigenvalue weighted by atomic mass is 16.9. The molecular formula is C28H28O7. The van der Waals surface area contributed by atoms with E-state index in [2.05, 4.69) is 0 Å². The highest BCUT2D eigenvalue weighted by Gasteiger charge is 2.75. The monoisotopic (exact) mass is 476 g/mol. The molecule has 5 atom stereocenters. The van der Waals surface area contributed by atoms with Crippen LogP contribution in [-0.2, 0) is 53.0 Å². The molecule has 0 amide bonds. The van der Waals surface area contributed by atoms with Crippen molar-refractivity contribution in [2.75, 3.05) is 7.11 Å². The highest BCUT2D eigenvalue weighted by Crippen LogP contribution is 2.49. The maximum absolute atomic E-state index is 12.6. The maximum atomic E-state index is 12.6. The molecule has 5 rings (SSSR count). The van der Waals surface area contributed by atoms with E-state index in [1.54, 1.807) is 0 Å². The number of epoxide rings is 1. The summed E-state index contributed by atoms with van der Waals surface area (Å²) in [5, 5.41) is 0. The molecule has 0 bridgehead atoms. The van der Waals surface area contributed by atoms with Crippen LogP contribution in [0.25, 0.3) is 0 Å². The summed E-state index contributed by atoms with van der Waals surface area (Å²) in [5.41, 5.74) is 2.95. The van der Waals surface area contributed by atoms with E-state index in [1.165, 1.54) is 7.11 Å². The Labute approximate surface area is 204 Å². The van der Waals surface area contributed by atoms with Gasteiger partial charge in [-0.05, 0) is 16.7 Å². The summed E-state index contributed by atoms with van der Waals surface area (Å²) in [6.07, 6.45) is -2.85. The van der Waals surface area contributed by atoms with Crippen molar-refractivity contribution in [2.24, 2.45) is 0 Å². The number of fused-ring (bicyclic) bond motifs is 1. The molecule has 0 unspecified atom stereocenters. The van der Waals surface area contributed by atoms with Gasteiger partial charge in [-0.1, -0.05) is 91.0 Å². The average Bonchev–Trinajstić information content (AvgIpc) is 3.66. The third kappa shape index (κ3) is 5.29. The zero-order valence-electron chi connectivity index (χ0n) is 19.4. The van der Waals surface area contributed by atoms with Crippen molar-refractivity contribution in [1.29, 1.82) is 0 Å². The van der Waals surface area contributed by atoms with Gasteiger partial charge in [0, 0.05) is 0 Å². The summed E-state index contributed by atoms with van der Waals surface area (Å²) < 4.78 is 35.6. The molecule has 2 saturated heterocycles. The van der Waals surface area contributed by atoms with Crippen LogP contribution < -0.4 is 0 Å². The smallest absolute Gasteiger partial charge is 0.369 e. The van der Waals surface area contributed by atoms with E-state index in [-0.39, 0.29) is 6.61 Å². The molecule has 35 heavy (non-hydrogen) atoms. The van der Waals surface area contributed by atoms with Crippen molar-refractivity contribution < 1.29 is 33.2 Å². The van der Waals surface area contributed by atoms with Crippen LogP contribution >= 0.6 is 0 Å². The minimum absolute atomic E-state index is 0.268. The largest absolute Gasteiger partial charge is 0.465 e. The standard InChI is InChI=1S/C28H28O7/c1-30-27(29)28-25(34-28)23(31-17-20-11-5-2-6-12-20)24(32-18-21-13-7-3-8-14-21)26(35-28)33-19-22-15-9-4-10-16-22/h2-16,23-26H,17-19H2,1H3/t23-,24-,25+,26-,28+/m1/s1. The van der Waals surface area contributed by atoms with Gasteiger partial charge in [-0.3, -0.25) is 0 Å². The summed E-state index contributed by atoms with van der Waals surface area (Å²) >= 11 is 0. The number of esters is 1. The van der Waals surface area contributed by atoms with Crippen LogP contribution in [0, 0.1) is 0 Å². The molecule has 0 aliphatic carbocycles. The summed E-state index contributed by atoms with van der Waals surface area (Å²) in [5.74, 6) is -2.19. The van der Waals surface area contributed by atoms with Gasteiger partial charge in [0.15, 0.2) is 12.4 Å².